The van der Waals surface area contributed by atoms with Gasteiger partial charge in [0.15, 0.2) is 0 Å². The molecule has 0 atom stereocenters. The van der Waals surface area contributed by atoms with Gasteiger partial charge in [0.25, 0.3) is 0 Å². The van der Waals surface area contributed by atoms with Crippen molar-refractivity contribution >= 4 is 0 Å². The zero-order chi connectivity index (χ0) is 7.82. The summed E-state index contributed by atoms with van der Waals surface area (Å²) in [6.07, 6.45) is 5.84. The molecule has 1 heteroatoms. The Bertz CT molecular complexity index is 114. The van der Waals surface area contributed by atoms with E-state index in [1.165, 1.54) is 5.57 Å². The topological polar surface area (TPSA) is 9.23 Å². The molecule has 0 rings (SSSR count). The van der Waals surface area contributed by atoms with Gasteiger partial charge in [0.1, 0.15) is 0 Å². The van der Waals surface area contributed by atoms with Crippen LogP contribution in [-0.4, -0.2) is 6.61 Å². The minimum absolute atomic E-state index is 0.737. The lowest BCUT2D eigenvalue weighted by atomic mass is 10.2. The van der Waals surface area contributed by atoms with E-state index in [9.17, 15) is 0 Å². The Balaban J connectivity index is 3.66. The summed E-state index contributed by atoms with van der Waals surface area (Å²) < 4.78 is 5.11. The fraction of sp³-hybridized carbons (Fsp3) is 0.556. The molecule has 0 bridgehead atoms. The zero-order valence-corrected chi connectivity index (χ0v) is 6.89. The second-order valence-corrected chi connectivity index (χ2v) is 2.10. The smallest absolute Gasteiger partial charge is 0.0860 e. The second kappa shape index (κ2) is 6.40. The molecule has 0 aliphatic rings. The van der Waals surface area contributed by atoms with Crippen LogP contribution in [0.25, 0.3) is 0 Å². The van der Waals surface area contributed by atoms with Crippen molar-refractivity contribution < 1.29 is 4.74 Å². The highest BCUT2D eigenvalue weighted by molar-refractivity contribution is 5.12. The Morgan fingerprint density at radius 3 is 2.60 bits per heavy atom. The van der Waals surface area contributed by atoms with E-state index in [1.54, 1.807) is 6.26 Å². The average Bonchev–Trinajstić information content (AvgIpc) is 1.98. The first-order valence-electron chi connectivity index (χ1n) is 3.78. The monoisotopic (exact) mass is 140 g/mol. The molecule has 1 nitrogen and oxygen atoms in total. The van der Waals surface area contributed by atoms with Crippen molar-refractivity contribution in [1.82, 2.24) is 0 Å². The number of hydrogen-bond acceptors (Lipinski definition) is 1. The van der Waals surface area contributed by atoms with E-state index in [-0.39, 0.29) is 0 Å². The third-order valence-electron chi connectivity index (χ3n) is 1.20. The maximum Gasteiger partial charge on any atom is 0.0860 e. The van der Waals surface area contributed by atoms with Crippen LogP contribution in [-0.2, 0) is 4.74 Å². The van der Waals surface area contributed by atoms with E-state index in [0.29, 0.717) is 0 Å². The molecule has 0 spiro atoms. The highest BCUT2D eigenvalue weighted by Crippen LogP contribution is 2.04. The number of hydrogen-bond donors (Lipinski definition) is 0. The number of ether oxygens (including phenoxy) is 1. The molecule has 0 saturated heterocycles. The summed E-state index contributed by atoms with van der Waals surface area (Å²) in [6, 6.07) is 0. The van der Waals surface area contributed by atoms with Crippen LogP contribution in [0.3, 0.4) is 0 Å². The van der Waals surface area contributed by atoms with Crippen molar-refractivity contribution in [3.05, 3.63) is 24.5 Å². The van der Waals surface area contributed by atoms with Crippen LogP contribution in [0.5, 0.6) is 0 Å². The SMILES string of the molecule is C=C/C(=C/OCC)CCC. The normalized spacial score (nSPS) is 11.2. The Labute approximate surface area is 63.4 Å². The van der Waals surface area contributed by atoms with Gasteiger partial charge in [-0.15, -0.1) is 0 Å². The van der Waals surface area contributed by atoms with Crippen molar-refractivity contribution in [3.8, 4) is 0 Å². The van der Waals surface area contributed by atoms with Gasteiger partial charge in [-0.2, -0.15) is 0 Å². The lowest BCUT2D eigenvalue weighted by Crippen LogP contribution is -1.82. The summed E-state index contributed by atoms with van der Waals surface area (Å²) in [4.78, 5) is 0. The summed E-state index contributed by atoms with van der Waals surface area (Å²) in [7, 11) is 0. The van der Waals surface area contributed by atoms with Gasteiger partial charge in [-0.25, -0.2) is 0 Å². The predicted molar refractivity (Wildman–Crippen MR) is 44.8 cm³/mol. The van der Waals surface area contributed by atoms with Crippen molar-refractivity contribution in [1.29, 1.82) is 0 Å². The number of rotatable bonds is 5. The van der Waals surface area contributed by atoms with Gasteiger partial charge in [0, 0.05) is 0 Å². The predicted octanol–water partition coefficient (Wildman–Crippen LogP) is 2.89. The molecule has 0 aliphatic heterocycles. The van der Waals surface area contributed by atoms with Gasteiger partial charge in [0.2, 0.25) is 0 Å². The average molecular weight is 140 g/mol. The molecule has 0 aromatic carbocycles. The fourth-order valence-corrected chi connectivity index (χ4v) is 0.688. The Kier molecular flexibility index (Phi) is 5.94. The molecule has 58 valence electrons. The van der Waals surface area contributed by atoms with Gasteiger partial charge in [-0.3, -0.25) is 0 Å². The highest BCUT2D eigenvalue weighted by Gasteiger charge is 1.87. The summed E-state index contributed by atoms with van der Waals surface area (Å²) >= 11 is 0. The van der Waals surface area contributed by atoms with E-state index in [1.807, 2.05) is 13.0 Å². The minimum atomic E-state index is 0.737. The summed E-state index contributed by atoms with van der Waals surface area (Å²) in [5, 5.41) is 0. The lowest BCUT2D eigenvalue weighted by molar-refractivity contribution is 0.266. The van der Waals surface area contributed by atoms with E-state index < -0.39 is 0 Å². The number of allylic oxidation sites excluding steroid dienone is 2. The Hall–Kier alpha value is -0.720. The first-order valence-corrected chi connectivity index (χ1v) is 3.78. The van der Waals surface area contributed by atoms with Crippen molar-refractivity contribution in [3.63, 3.8) is 0 Å². The molecule has 0 saturated carbocycles. The van der Waals surface area contributed by atoms with Crippen LogP contribution in [0.4, 0.5) is 0 Å². The van der Waals surface area contributed by atoms with Crippen molar-refractivity contribution in [2.75, 3.05) is 6.61 Å². The molecule has 0 aromatic heterocycles. The van der Waals surface area contributed by atoms with Crippen molar-refractivity contribution in [2.24, 2.45) is 0 Å². The van der Waals surface area contributed by atoms with Gasteiger partial charge < -0.3 is 4.74 Å². The van der Waals surface area contributed by atoms with E-state index in [4.69, 9.17) is 4.74 Å². The van der Waals surface area contributed by atoms with Crippen LogP contribution >= 0.6 is 0 Å². The molecule has 10 heavy (non-hydrogen) atoms. The third-order valence-corrected chi connectivity index (χ3v) is 1.20. The van der Waals surface area contributed by atoms with E-state index in [0.717, 1.165) is 19.4 Å². The molecule has 0 N–H and O–H groups in total. The maximum absolute atomic E-state index is 5.11. The molecular formula is C9H16O. The van der Waals surface area contributed by atoms with Crippen LogP contribution in [0.15, 0.2) is 24.5 Å². The van der Waals surface area contributed by atoms with Crippen LogP contribution in [0.2, 0.25) is 0 Å². The zero-order valence-electron chi connectivity index (χ0n) is 6.89. The molecule has 0 heterocycles. The molecule has 0 fully saturated rings. The quantitative estimate of drug-likeness (QED) is 0.421. The van der Waals surface area contributed by atoms with E-state index in [2.05, 4.69) is 13.5 Å². The molecule has 0 unspecified atom stereocenters. The Morgan fingerprint density at radius 1 is 1.50 bits per heavy atom. The van der Waals surface area contributed by atoms with Gasteiger partial charge in [-0.05, 0) is 18.9 Å². The van der Waals surface area contributed by atoms with Crippen LogP contribution in [0.1, 0.15) is 26.7 Å². The van der Waals surface area contributed by atoms with Crippen molar-refractivity contribution in [2.45, 2.75) is 26.7 Å². The maximum atomic E-state index is 5.11. The van der Waals surface area contributed by atoms with Gasteiger partial charge in [-0.1, -0.05) is 26.0 Å². The molecule has 0 aromatic rings. The fourth-order valence-electron chi connectivity index (χ4n) is 0.688. The first kappa shape index (κ1) is 9.28. The summed E-state index contributed by atoms with van der Waals surface area (Å²) in [5.74, 6) is 0. The second-order valence-electron chi connectivity index (χ2n) is 2.10. The molecular weight excluding hydrogens is 124 g/mol. The standard InChI is InChI=1S/C9H16O/c1-4-7-9(5-2)8-10-6-3/h5,8H,2,4,6-7H2,1,3H3/b9-8-. The first-order chi connectivity index (χ1) is 4.85. The van der Waals surface area contributed by atoms with E-state index >= 15 is 0 Å². The van der Waals surface area contributed by atoms with Gasteiger partial charge in [0.05, 0.1) is 12.9 Å². The molecule has 0 radical (unpaired) electrons. The van der Waals surface area contributed by atoms with Crippen LogP contribution in [0, 0.1) is 0 Å². The highest BCUT2D eigenvalue weighted by atomic mass is 16.5. The largest absolute Gasteiger partial charge is 0.501 e. The molecule has 0 amide bonds. The summed E-state index contributed by atoms with van der Waals surface area (Å²) in [6.45, 7) is 8.54. The lowest BCUT2D eigenvalue weighted by Gasteiger charge is -1.98. The third kappa shape index (κ3) is 4.19. The van der Waals surface area contributed by atoms with Crippen LogP contribution < -0.4 is 0 Å². The molecule has 0 aliphatic carbocycles. The Morgan fingerprint density at radius 2 is 2.20 bits per heavy atom. The minimum Gasteiger partial charge on any atom is -0.501 e. The summed E-state index contributed by atoms with van der Waals surface area (Å²) in [5.41, 5.74) is 1.18. The van der Waals surface area contributed by atoms with Gasteiger partial charge >= 0.3 is 0 Å².